The summed E-state index contributed by atoms with van der Waals surface area (Å²) >= 11 is 1.75. The van der Waals surface area contributed by atoms with Gasteiger partial charge < -0.3 is 11.1 Å². The molecular formula is C13H18N4OS. The highest BCUT2D eigenvalue weighted by Crippen LogP contribution is 2.17. The van der Waals surface area contributed by atoms with Crippen LogP contribution in [0.3, 0.4) is 0 Å². The number of anilines is 1. The third kappa shape index (κ3) is 3.14. The van der Waals surface area contributed by atoms with Gasteiger partial charge in [-0.05, 0) is 26.0 Å². The minimum Gasteiger partial charge on any atom is -0.396 e. The van der Waals surface area contributed by atoms with Gasteiger partial charge in [-0.25, -0.2) is 0 Å². The predicted molar refractivity (Wildman–Crippen MR) is 77.3 cm³/mol. The maximum Gasteiger partial charge on any atom is 0.271 e. The Kier molecular flexibility index (Phi) is 3.90. The summed E-state index contributed by atoms with van der Waals surface area (Å²) < 4.78 is 1.49. The van der Waals surface area contributed by atoms with Gasteiger partial charge in [-0.2, -0.15) is 5.10 Å². The molecule has 0 aliphatic rings. The van der Waals surface area contributed by atoms with Crippen molar-refractivity contribution < 1.29 is 4.79 Å². The molecule has 1 unspecified atom stereocenters. The van der Waals surface area contributed by atoms with E-state index >= 15 is 0 Å². The Balaban J connectivity index is 1.99. The molecule has 0 radical (unpaired) electrons. The van der Waals surface area contributed by atoms with Crippen LogP contribution in [-0.4, -0.2) is 21.7 Å². The van der Waals surface area contributed by atoms with Gasteiger partial charge in [0.25, 0.3) is 5.91 Å². The molecule has 2 aromatic heterocycles. The molecule has 0 aliphatic carbocycles. The lowest BCUT2D eigenvalue weighted by atomic mass is 10.2. The number of nitrogens with one attached hydrogen (secondary N) is 1. The maximum atomic E-state index is 12.1. The van der Waals surface area contributed by atoms with Crippen LogP contribution >= 0.6 is 11.3 Å². The zero-order valence-electron chi connectivity index (χ0n) is 11.3. The number of nitrogen functional groups attached to an aromatic ring is 1. The van der Waals surface area contributed by atoms with E-state index in [9.17, 15) is 4.79 Å². The van der Waals surface area contributed by atoms with Crippen LogP contribution < -0.4 is 11.1 Å². The molecule has 3 N–H and O–H groups in total. The molecule has 0 aromatic carbocycles. The fourth-order valence-corrected chi connectivity index (χ4v) is 2.99. The van der Waals surface area contributed by atoms with E-state index in [1.54, 1.807) is 18.4 Å². The molecule has 1 atom stereocenters. The Morgan fingerprint density at radius 1 is 1.58 bits per heavy atom. The number of hydrogen-bond acceptors (Lipinski definition) is 4. The van der Waals surface area contributed by atoms with Gasteiger partial charge in [0.2, 0.25) is 0 Å². The Bertz CT molecular complexity index is 568. The minimum absolute atomic E-state index is 0.0554. The van der Waals surface area contributed by atoms with Gasteiger partial charge in [0, 0.05) is 29.3 Å². The van der Waals surface area contributed by atoms with E-state index in [0.717, 1.165) is 6.42 Å². The van der Waals surface area contributed by atoms with Crippen LogP contribution in [0.5, 0.6) is 0 Å². The SMILES string of the molecule is Cc1ccc(CC(C)NC(=O)c2c(N)cnn2C)s1. The van der Waals surface area contributed by atoms with Gasteiger partial charge in [0.1, 0.15) is 5.69 Å². The van der Waals surface area contributed by atoms with Crippen LogP contribution in [0.25, 0.3) is 0 Å². The molecule has 0 saturated carbocycles. The van der Waals surface area contributed by atoms with Crippen molar-refractivity contribution in [2.45, 2.75) is 26.3 Å². The number of nitrogens with two attached hydrogens (primary N) is 1. The summed E-state index contributed by atoms with van der Waals surface area (Å²) in [7, 11) is 1.71. The van der Waals surface area contributed by atoms with Crippen LogP contribution in [0.1, 0.15) is 27.2 Å². The summed E-state index contributed by atoms with van der Waals surface area (Å²) in [6, 6.07) is 4.24. The van der Waals surface area contributed by atoms with Crippen molar-refractivity contribution in [2.24, 2.45) is 7.05 Å². The lowest BCUT2D eigenvalue weighted by molar-refractivity contribution is 0.0931. The van der Waals surface area contributed by atoms with Crippen molar-refractivity contribution in [2.75, 3.05) is 5.73 Å². The minimum atomic E-state index is -0.182. The molecule has 2 heterocycles. The third-order valence-electron chi connectivity index (χ3n) is 2.86. The molecule has 0 spiro atoms. The Hall–Kier alpha value is -1.82. The quantitative estimate of drug-likeness (QED) is 0.894. The summed E-state index contributed by atoms with van der Waals surface area (Å²) in [5, 5.41) is 6.91. The maximum absolute atomic E-state index is 12.1. The fourth-order valence-electron chi connectivity index (χ4n) is 1.97. The second-order valence-corrected chi connectivity index (χ2v) is 6.04. The van der Waals surface area contributed by atoms with Gasteiger partial charge in [-0.15, -0.1) is 11.3 Å². The first-order valence-corrected chi connectivity index (χ1v) is 6.92. The van der Waals surface area contributed by atoms with Crippen LogP contribution in [0, 0.1) is 6.92 Å². The highest BCUT2D eigenvalue weighted by molar-refractivity contribution is 7.11. The van der Waals surface area contributed by atoms with Gasteiger partial charge in [-0.3, -0.25) is 9.48 Å². The van der Waals surface area contributed by atoms with E-state index < -0.39 is 0 Å². The number of carbonyl (C=O) groups is 1. The average molecular weight is 278 g/mol. The molecule has 0 bridgehead atoms. The molecule has 0 saturated heterocycles. The lowest BCUT2D eigenvalue weighted by Gasteiger charge is -2.13. The van der Waals surface area contributed by atoms with E-state index in [1.807, 2.05) is 6.92 Å². The monoisotopic (exact) mass is 278 g/mol. The largest absolute Gasteiger partial charge is 0.396 e. The number of rotatable bonds is 4. The summed E-state index contributed by atoms with van der Waals surface area (Å²) in [6.07, 6.45) is 2.31. The van der Waals surface area contributed by atoms with E-state index in [4.69, 9.17) is 5.73 Å². The lowest BCUT2D eigenvalue weighted by Crippen LogP contribution is -2.35. The molecule has 6 heteroatoms. The highest BCUT2D eigenvalue weighted by Gasteiger charge is 2.17. The molecule has 2 aromatic rings. The third-order valence-corrected chi connectivity index (χ3v) is 3.89. The molecule has 0 fully saturated rings. The zero-order chi connectivity index (χ0) is 14.0. The average Bonchev–Trinajstić information content (AvgIpc) is 2.85. The Morgan fingerprint density at radius 3 is 2.84 bits per heavy atom. The summed E-state index contributed by atoms with van der Waals surface area (Å²) in [4.78, 5) is 14.7. The van der Waals surface area contributed by atoms with Crippen molar-refractivity contribution in [3.63, 3.8) is 0 Å². The summed E-state index contributed by atoms with van der Waals surface area (Å²) in [5.74, 6) is -0.182. The van der Waals surface area contributed by atoms with E-state index in [-0.39, 0.29) is 11.9 Å². The summed E-state index contributed by atoms with van der Waals surface area (Å²) in [5.41, 5.74) is 6.55. The summed E-state index contributed by atoms with van der Waals surface area (Å²) in [6.45, 7) is 4.06. The number of hydrogen-bond donors (Lipinski definition) is 2. The molecule has 5 nitrogen and oxygen atoms in total. The molecule has 1 amide bonds. The van der Waals surface area contributed by atoms with E-state index in [1.165, 1.54) is 20.6 Å². The predicted octanol–water partition coefficient (Wildman–Crippen LogP) is 1.73. The van der Waals surface area contributed by atoms with Crippen LogP contribution in [0.4, 0.5) is 5.69 Å². The Labute approximate surface area is 116 Å². The first kappa shape index (κ1) is 13.6. The first-order chi connectivity index (χ1) is 8.97. The van der Waals surface area contributed by atoms with E-state index in [2.05, 4.69) is 29.5 Å². The van der Waals surface area contributed by atoms with E-state index in [0.29, 0.717) is 11.4 Å². The molecule has 0 aliphatic heterocycles. The van der Waals surface area contributed by atoms with Crippen LogP contribution in [-0.2, 0) is 13.5 Å². The number of carbonyl (C=O) groups excluding carboxylic acids is 1. The number of amides is 1. The molecule has 2 rings (SSSR count). The van der Waals surface area contributed by atoms with Crippen molar-refractivity contribution in [3.8, 4) is 0 Å². The number of aromatic nitrogens is 2. The second-order valence-electron chi connectivity index (χ2n) is 4.66. The van der Waals surface area contributed by atoms with Gasteiger partial charge in [-0.1, -0.05) is 0 Å². The van der Waals surface area contributed by atoms with Crippen LogP contribution in [0.2, 0.25) is 0 Å². The smallest absolute Gasteiger partial charge is 0.271 e. The van der Waals surface area contributed by atoms with Gasteiger partial charge in [0.15, 0.2) is 0 Å². The number of thiophene rings is 1. The van der Waals surface area contributed by atoms with Gasteiger partial charge in [0.05, 0.1) is 11.9 Å². The second kappa shape index (κ2) is 5.44. The normalized spacial score (nSPS) is 12.4. The van der Waals surface area contributed by atoms with Crippen molar-refractivity contribution in [1.29, 1.82) is 0 Å². The molecule has 19 heavy (non-hydrogen) atoms. The van der Waals surface area contributed by atoms with Crippen molar-refractivity contribution in [1.82, 2.24) is 15.1 Å². The molecular weight excluding hydrogens is 260 g/mol. The number of aryl methyl sites for hydroxylation is 2. The van der Waals surface area contributed by atoms with Crippen molar-refractivity contribution in [3.05, 3.63) is 33.8 Å². The number of nitrogens with zero attached hydrogens (tertiary/aromatic N) is 2. The van der Waals surface area contributed by atoms with Gasteiger partial charge >= 0.3 is 0 Å². The highest BCUT2D eigenvalue weighted by atomic mass is 32.1. The standard InChI is InChI=1S/C13H18N4OS/c1-8(6-10-5-4-9(2)19-10)16-13(18)12-11(14)7-15-17(12)3/h4-5,7-8H,6,14H2,1-3H3,(H,16,18). The topological polar surface area (TPSA) is 72.9 Å². The molecule has 102 valence electrons. The fraction of sp³-hybridized carbons (Fsp3) is 0.385. The first-order valence-electron chi connectivity index (χ1n) is 6.11. The Morgan fingerprint density at radius 2 is 2.32 bits per heavy atom. The van der Waals surface area contributed by atoms with Crippen LogP contribution in [0.15, 0.2) is 18.3 Å². The zero-order valence-corrected chi connectivity index (χ0v) is 12.1. The van der Waals surface area contributed by atoms with Crippen molar-refractivity contribution >= 4 is 22.9 Å².